The molecule has 0 saturated heterocycles. The van der Waals surface area contributed by atoms with Gasteiger partial charge in [-0.05, 0) is 19.3 Å². The van der Waals surface area contributed by atoms with Crippen molar-refractivity contribution in [2.45, 2.75) is 46.6 Å². The number of thiazole rings is 1. The predicted octanol–water partition coefficient (Wildman–Crippen LogP) is 3.00. The average molecular weight is 242 g/mol. The molecule has 0 amide bonds. The molecule has 92 valence electrons. The zero-order valence-electron chi connectivity index (χ0n) is 10.7. The smallest absolute Gasteiger partial charge is 0.185 e. The summed E-state index contributed by atoms with van der Waals surface area (Å²) in [6.45, 7) is 10.7. The van der Waals surface area contributed by atoms with Crippen LogP contribution in [0.5, 0.6) is 0 Å². The lowest BCUT2D eigenvalue weighted by Crippen LogP contribution is -2.23. The lowest BCUT2D eigenvalue weighted by molar-refractivity contribution is 0.283. The Morgan fingerprint density at radius 1 is 1.38 bits per heavy atom. The third kappa shape index (κ3) is 2.95. The third-order valence-electron chi connectivity index (χ3n) is 2.55. The van der Waals surface area contributed by atoms with E-state index in [0.717, 1.165) is 35.2 Å². The molecule has 0 aromatic carbocycles. The fourth-order valence-electron chi connectivity index (χ4n) is 1.71. The van der Waals surface area contributed by atoms with Crippen LogP contribution < -0.4 is 4.90 Å². The molecule has 3 nitrogen and oxygen atoms in total. The first-order valence-corrected chi connectivity index (χ1v) is 6.81. The van der Waals surface area contributed by atoms with E-state index in [2.05, 4.69) is 37.6 Å². The molecule has 0 unspecified atom stereocenters. The number of aliphatic hydroxyl groups is 1. The first-order valence-electron chi connectivity index (χ1n) is 5.99. The highest BCUT2D eigenvalue weighted by Crippen LogP contribution is 2.30. The van der Waals surface area contributed by atoms with Crippen molar-refractivity contribution in [3.05, 3.63) is 10.6 Å². The van der Waals surface area contributed by atoms with Gasteiger partial charge in [-0.1, -0.05) is 32.1 Å². The molecule has 0 aliphatic rings. The molecule has 0 spiro atoms. The van der Waals surface area contributed by atoms with Crippen molar-refractivity contribution < 1.29 is 5.11 Å². The highest BCUT2D eigenvalue weighted by Gasteiger charge is 2.16. The molecule has 0 saturated carbocycles. The fourth-order valence-corrected chi connectivity index (χ4v) is 2.87. The van der Waals surface area contributed by atoms with E-state index in [-0.39, 0.29) is 6.61 Å². The minimum absolute atomic E-state index is 0.106. The number of hydrogen-bond donors (Lipinski definition) is 1. The fraction of sp³-hybridized carbons (Fsp3) is 0.750. The van der Waals surface area contributed by atoms with Crippen LogP contribution in [0.15, 0.2) is 0 Å². The number of anilines is 1. The summed E-state index contributed by atoms with van der Waals surface area (Å²) in [6.07, 6.45) is 1.12. The van der Waals surface area contributed by atoms with Gasteiger partial charge in [-0.2, -0.15) is 0 Å². The summed E-state index contributed by atoms with van der Waals surface area (Å²) < 4.78 is 0. The maximum atomic E-state index is 9.32. The van der Waals surface area contributed by atoms with Crippen molar-refractivity contribution in [2.75, 3.05) is 18.0 Å². The first kappa shape index (κ1) is 13.5. The highest BCUT2D eigenvalue weighted by molar-refractivity contribution is 7.15. The number of rotatable bonds is 6. The molecule has 1 N–H and O–H groups in total. The third-order valence-corrected chi connectivity index (χ3v) is 3.67. The quantitative estimate of drug-likeness (QED) is 0.833. The Morgan fingerprint density at radius 2 is 2.06 bits per heavy atom. The van der Waals surface area contributed by atoms with Crippen LogP contribution >= 0.6 is 11.3 Å². The van der Waals surface area contributed by atoms with Crippen molar-refractivity contribution >= 4 is 16.5 Å². The summed E-state index contributed by atoms with van der Waals surface area (Å²) in [4.78, 5) is 7.94. The van der Waals surface area contributed by atoms with E-state index in [0.29, 0.717) is 5.92 Å². The van der Waals surface area contributed by atoms with Gasteiger partial charge < -0.3 is 10.0 Å². The Labute approximate surface area is 102 Å². The van der Waals surface area contributed by atoms with Gasteiger partial charge in [0.05, 0.1) is 17.2 Å². The van der Waals surface area contributed by atoms with E-state index in [1.54, 1.807) is 11.3 Å². The molecule has 1 rings (SSSR count). The van der Waals surface area contributed by atoms with Crippen molar-refractivity contribution in [1.29, 1.82) is 0 Å². The second-order valence-electron chi connectivity index (χ2n) is 4.20. The molecule has 4 heteroatoms. The standard InChI is InChI=1S/C12H22N2OS/c1-5-7-14(6-2)12-13-11(9(3)4)10(8-15)16-12/h9,15H,5-8H2,1-4H3. The molecule has 0 aliphatic heterocycles. The maximum Gasteiger partial charge on any atom is 0.185 e. The molecule has 0 fully saturated rings. The zero-order chi connectivity index (χ0) is 12.1. The summed E-state index contributed by atoms with van der Waals surface area (Å²) in [5.41, 5.74) is 1.05. The molecule has 0 radical (unpaired) electrons. The van der Waals surface area contributed by atoms with E-state index in [9.17, 15) is 5.11 Å². The van der Waals surface area contributed by atoms with E-state index in [4.69, 9.17) is 0 Å². The van der Waals surface area contributed by atoms with Gasteiger partial charge in [0.1, 0.15) is 0 Å². The van der Waals surface area contributed by atoms with E-state index >= 15 is 0 Å². The number of aromatic nitrogens is 1. The van der Waals surface area contributed by atoms with Gasteiger partial charge >= 0.3 is 0 Å². The van der Waals surface area contributed by atoms with Gasteiger partial charge in [-0.3, -0.25) is 0 Å². The molecule has 0 aliphatic carbocycles. The van der Waals surface area contributed by atoms with Crippen LogP contribution in [-0.2, 0) is 6.61 Å². The molecule has 1 aromatic heterocycles. The Balaban J connectivity index is 2.96. The molecular formula is C12H22N2OS. The van der Waals surface area contributed by atoms with Crippen molar-refractivity contribution in [3.63, 3.8) is 0 Å². The summed E-state index contributed by atoms with van der Waals surface area (Å²) in [5, 5.41) is 10.4. The van der Waals surface area contributed by atoms with Gasteiger partial charge in [0.15, 0.2) is 5.13 Å². The summed E-state index contributed by atoms with van der Waals surface area (Å²) >= 11 is 1.63. The van der Waals surface area contributed by atoms with E-state index in [1.165, 1.54) is 0 Å². The van der Waals surface area contributed by atoms with Crippen LogP contribution in [0.3, 0.4) is 0 Å². The summed E-state index contributed by atoms with van der Waals surface area (Å²) in [5.74, 6) is 0.382. The lowest BCUT2D eigenvalue weighted by Gasteiger charge is -2.18. The number of nitrogens with zero attached hydrogens (tertiary/aromatic N) is 2. The second-order valence-corrected chi connectivity index (χ2v) is 5.26. The largest absolute Gasteiger partial charge is 0.391 e. The van der Waals surface area contributed by atoms with Gasteiger partial charge in [0, 0.05) is 13.1 Å². The first-order chi connectivity index (χ1) is 7.63. The van der Waals surface area contributed by atoms with E-state index in [1.807, 2.05) is 0 Å². The van der Waals surface area contributed by atoms with Crippen LogP contribution in [0.1, 0.15) is 50.6 Å². The molecule has 1 aromatic rings. The average Bonchev–Trinajstić information content (AvgIpc) is 2.69. The van der Waals surface area contributed by atoms with E-state index < -0.39 is 0 Å². The normalized spacial score (nSPS) is 11.1. The van der Waals surface area contributed by atoms with Gasteiger partial charge in [-0.25, -0.2) is 4.98 Å². The lowest BCUT2D eigenvalue weighted by atomic mass is 10.1. The Morgan fingerprint density at radius 3 is 2.44 bits per heavy atom. The van der Waals surface area contributed by atoms with Gasteiger partial charge in [0.25, 0.3) is 0 Å². The molecule has 0 atom stereocenters. The van der Waals surface area contributed by atoms with Crippen LogP contribution in [0.4, 0.5) is 5.13 Å². The van der Waals surface area contributed by atoms with Crippen molar-refractivity contribution in [3.8, 4) is 0 Å². The Kier molecular flexibility index (Phi) is 5.22. The van der Waals surface area contributed by atoms with Crippen LogP contribution in [0.25, 0.3) is 0 Å². The van der Waals surface area contributed by atoms with Gasteiger partial charge in [-0.15, -0.1) is 0 Å². The predicted molar refractivity (Wildman–Crippen MR) is 70.3 cm³/mol. The second kappa shape index (κ2) is 6.21. The number of aliphatic hydroxyl groups excluding tert-OH is 1. The topological polar surface area (TPSA) is 36.4 Å². The zero-order valence-corrected chi connectivity index (χ0v) is 11.5. The molecule has 0 bridgehead atoms. The minimum Gasteiger partial charge on any atom is -0.391 e. The number of hydrogen-bond acceptors (Lipinski definition) is 4. The monoisotopic (exact) mass is 242 g/mol. The van der Waals surface area contributed by atoms with Crippen molar-refractivity contribution in [1.82, 2.24) is 4.98 Å². The Bertz CT molecular complexity index is 323. The summed E-state index contributed by atoms with van der Waals surface area (Å²) in [6, 6.07) is 0. The van der Waals surface area contributed by atoms with Gasteiger partial charge in [0.2, 0.25) is 0 Å². The van der Waals surface area contributed by atoms with Crippen LogP contribution in [0, 0.1) is 0 Å². The molecular weight excluding hydrogens is 220 g/mol. The van der Waals surface area contributed by atoms with Crippen molar-refractivity contribution in [2.24, 2.45) is 0 Å². The highest BCUT2D eigenvalue weighted by atomic mass is 32.1. The SMILES string of the molecule is CCCN(CC)c1nc(C(C)C)c(CO)s1. The minimum atomic E-state index is 0.106. The molecule has 1 heterocycles. The molecule has 16 heavy (non-hydrogen) atoms. The Hall–Kier alpha value is -0.610. The summed E-state index contributed by atoms with van der Waals surface area (Å²) in [7, 11) is 0. The maximum absolute atomic E-state index is 9.32. The van der Waals surface area contributed by atoms with Crippen LogP contribution in [-0.4, -0.2) is 23.2 Å². The van der Waals surface area contributed by atoms with Crippen LogP contribution in [0.2, 0.25) is 0 Å².